The first-order chi connectivity index (χ1) is 10.3. The summed E-state index contributed by atoms with van der Waals surface area (Å²) < 4.78 is 22.2. The van der Waals surface area contributed by atoms with Crippen molar-refractivity contribution in [1.29, 1.82) is 0 Å². The van der Waals surface area contributed by atoms with Gasteiger partial charge in [-0.05, 0) is 31.5 Å². The van der Waals surface area contributed by atoms with Crippen molar-refractivity contribution in [3.63, 3.8) is 0 Å². The molecule has 0 unspecified atom stereocenters. The zero-order chi connectivity index (χ0) is 16.2. The van der Waals surface area contributed by atoms with Gasteiger partial charge in [0, 0.05) is 25.7 Å². The van der Waals surface area contributed by atoms with Gasteiger partial charge in [-0.15, -0.1) is 0 Å². The largest absolute Gasteiger partial charge is 0.302 e. The summed E-state index contributed by atoms with van der Waals surface area (Å²) >= 11 is 0. The lowest BCUT2D eigenvalue weighted by Crippen LogP contribution is -2.49. The molecule has 1 heterocycles. The van der Waals surface area contributed by atoms with Crippen LogP contribution in [0.3, 0.4) is 0 Å². The standard InChI is InChI=1S/C16H27N3O2S/c1-14-12-19(13-15-6-4-3-5-7-15)9-8-16(14)18(2)10-11-22(17,20)21/h3-7,14,16H,8-13H2,1-2H3,(H2,17,20,21)/t14-,16-/m1/s1. The molecular weight excluding hydrogens is 298 g/mol. The molecule has 2 rings (SSSR count). The monoisotopic (exact) mass is 325 g/mol. The van der Waals surface area contributed by atoms with Gasteiger partial charge in [0.15, 0.2) is 0 Å². The first kappa shape index (κ1) is 17.4. The molecule has 0 spiro atoms. The second-order valence-corrected chi connectivity index (χ2v) is 8.14. The van der Waals surface area contributed by atoms with Crippen LogP contribution >= 0.6 is 0 Å². The minimum absolute atomic E-state index is 0.0282. The van der Waals surface area contributed by atoms with Gasteiger partial charge in [0.1, 0.15) is 0 Å². The number of rotatable bonds is 6. The van der Waals surface area contributed by atoms with Gasteiger partial charge in [0.25, 0.3) is 0 Å². The summed E-state index contributed by atoms with van der Waals surface area (Å²) in [6.07, 6.45) is 1.06. The summed E-state index contributed by atoms with van der Waals surface area (Å²) in [5.41, 5.74) is 1.34. The number of benzene rings is 1. The van der Waals surface area contributed by atoms with Crippen molar-refractivity contribution in [2.75, 3.05) is 32.4 Å². The van der Waals surface area contributed by atoms with E-state index in [2.05, 4.69) is 41.0 Å². The summed E-state index contributed by atoms with van der Waals surface area (Å²) in [6, 6.07) is 10.9. The maximum absolute atomic E-state index is 11.1. The third kappa shape index (κ3) is 5.35. The fourth-order valence-corrected chi connectivity index (χ4v) is 3.84. The Balaban J connectivity index is 1.84. The van der Waals surface area contributed by atoms with E-state index in [4.69, 9.17) is 5.14 Å². The van der Waals surface area contributed by atoms with Crippen LogP contribution in [-0.2, 0) is 16.6 Å². The minimum atomic E-state index is -3.38. The van der Waals surface area contributed by atoms with E-state index >= 15 is 0 Å². The SMILES string of the molecule is C[C@@H]1CN(Cc2ccccc2)CC[C@H]1N(C)CCS(N)(=O)=O. The van der Waals surface area contributed by atoms with Gasteiger partial charge in [-0.2, -0.15) is 0 Å². The van der Waals surface area contributed by atoms with Crippen molar-refractivity contribution < 1.29 is 8.42 Å². The third-order valence-electron chi connectivity index (χ3n) is 4.49. The minimum Gasteiger partial charge on any atom is -0.302 e. The number of hydrogen-bond donors (Lipinski definition) is 1. The highest BCUT2D eigenvalue weighted by molar-refractivity contribution is 7.89. The molecule has 0 saturated carbocycles. The highest BCUT2D eigenvalue weighted by atomic mass is 32.2. The molecule has 22 heavy (non-hydrogen) atoms. The zero-order valence-electron chi connectivity index (χ0n) is 13.5. The Morgan fingerprint density at radius 3 is 2.59 bits per heavy atom. The molecule has 1 aromatic rings. The lowest BCUT2D eigenvalue weighted by molar-refractivity contribution is 0.0793. The quantitative estimate of drug-likeness (QED) is 0.851. The number of nitrogens with zero attached hydrogens (tertiary/aromatic N) is 2. The Morgan fingerprint density at radius 2 is 2.00 bits per heavy atom. The van der Waals surface area contributed by atoms with Crippen molar-refractivity contribution >= 4 is 10.0 Å². The van der Waals surface area contributed by atoms with Gasteiger partial charge in [-0.1, -0.05) is 37.3 Å². The molecule has 2 atom stereocenters. The number of hydrogen-bond acceptors (Lipinski definition) is 4. The van der Waals surface area contributed by atoms with E-state index in [0.29, 0.717) is 18.5 Å². The second-order valence-electron chi connectivity index (χ2n) is 6.40. The molecule has 1 aliphatic heterocycles. The van der Waals surface area contributed by atoms with E-state index < -0.39 is 10.0 Å². The normalized spacial score (nSPS) is 23.8. The van der Waals surface area contributed by atoms with Crippen LogP contribution in [0.5, 0.6) is 0 Å². The maximum atomic E-state index is 11.1. The molecule has 1 saturated heterocycles. The van der Waals surface area contributed by atoms with Gasteiger partial charge in [0.05, 0.1) is 5.75 Å². The summed E-state index contributed by atoms with van der Waals surface area (Å²) in [4.78, 5) is 4.62. The fourth-order valence-electron chi connectivity index (χ4n) is 3.30. The Bertz CT molecular complexity index is 562. The number of likely N-dealkylation sites (tertiary alicyclic amines) is 1. The molecule has 0 amide bonds. The maximum Gasteiger partial charge on any atom is 0.210 e. The van der Waals surface area contributed by atoms with Gasteiger partial charge >= 0.3 is 0 Å². The molecule has 0 bridgehead atoms. The van der Waals surface area contributed by atoms with Gasteiger partial charge in [-0.25, -0.2) is 13.6 Å². The Hall–Kier alpha value is -0.950. The van der Waals surface area contributed by atoms with Crippen molar-refractivity contribution in [1.82, 2.24) is 9.80 Å². The molecular formula is C16H27N3O2S. The predicted molar refractivity (Wildman–Crippen MR) is 89.9 cm³/mol. The van der Waals surface area contributed by atoms with Crippen molar-refractivity contribution in [2.45, 2.75) is 25.9 Å². The highest BCUT2D eigenvalue weighted by Crippen LogP contribution is 2.22. The van der Waals surface area contributed by atoms with E-state index in [9.17, 15) is 8.42 Å². The molecule has 1 fully saturated rings. The van der Waals surface area contributed by atoms with Crippen molar-refractivity contribution in [3.05, 3.63) is 35.9 Å². The van der Waals surface area contributed by atoms with E-state index in [1.165, 1.54) is 5.56 Å². The van der Waals surface area contributed by atoms with Crippen LogP contribution < -0.4 is 5.14 Å². The van der Waals surface area contributed by atoms with E-state index in [1.54, 1.807) is 0 Å². The molecule has 0 radical (unpaired) electrons. The van der Waals surface area contributed by atoms with Crippen LogP contribution in [0.2, 0.25) is 0 Å². The number of sulfonamides is 1. The first-order valence-electron chi connectivity index (χ1n) is 7.82. The summed E-state index contributed by atoms with van der Waals surface area (Å²) in [5, 5.41) is 5.09. The molecule has 124 valence electrons. The van der Waals surface area contributed by atoms with Crippen LogP contribution in [0, 0.1) is 5.92 Å². The smallest absolute Gasteiger partial charge is 0.210 e. The average Bonchev–Trinajstić information content (AvgIpc) is 2.45. The lowest BCUT2D eigenvalue weighted by Gasteiger charge is -2.41. The Morgan fingerprint density at radius 1 is 1.32 bits per heavy atom. The Labute approximate surface area is 134 Å². The molecule has 1 aromatic carbocycles. The van der Waals surface area contributed by atoms with Crippen LogP contribution in [0.15, 0.2) is 30.3 Å². The summed E-state index contributed by atoms with van der Waals surface area (Å²) in [6.45, 7) is 5.82. The van der Waals surface area contributed by atoms with Crippen LogP contribution in [0.1, 0.15) is 18.9 Å². The lowest BCUT2D eigenvalue weighted by atomic mass is 9.92. The van der Waals surface area contributed by atoms with Crippen LogP contribution in [-0.4, -0.2) is 56.7 Å². The highest BCUT2D eigenvalue weighted by Gasteiger charge is 2.29. The predicted octanol–water partition coefficient (Wildman–Crippen LogP) is 1.12. The third-order valence-corrected chi connectivity index (χ3v) is 5.24. The first-order valence-corrected chi connectivity index (χ1v) is 9.53. The van der Waals surface area contributed by atoms with Gasteiger partial charge < -0.3 is 4.90 Å². The average molecular weight is 325 g/mol. The summed E-state index contributed by atoms with van der Waals surface area (Å²) in [7, 11) is -1.38. The number of nitrogens with two attached hydrogens (primary N) is 1. The molecule has 0 aliphatic carbocycles. The molecule has 2 N–H and O–H groups in total. The number of piperidine rings is 1. The van der Waals surface area contributed by atoms with Crippen molar-refractivity contribution in [3.8, 4) is 0 Å². The zero-order valence-corrected chi connectivity index (χ0v) is 14.3. The van der Waals surface area contributed by atoms with Crippen LogP contribution in [0.4, 0.5) is 0 Å². The Kier molecular flexibility index (Phi) is 5.97. The van der Waals surface area contributed by atoms with E-state index in [0.717, 1.165) is 26.1 Å². The molecule has 1 aliphatic rings. The topological polar surface area (TPSA) is 66.6 Å². The summed E-state index contributed by atoms with van der Waals surface area (Å²) in [5.74, 6) is 0.545. The molecule has 5 nitrogen and oxygen atoms in total. The molecule has 0 aromatic heterocycles. The van der Waals surface area contributed by atoms with E-state index in [1.807, 2.05) is 13.1 Å². The van der Waals surface area contributed by atoms with Gasteiger partial charge in [-0.3, -0.25) is 4.90 Å². The number of primary sulfonamides is 1. The van der Waals surface area contributed by atoms with Crippen molar-refractivity contribution in [2.24, 2.45) is 11.1 Å². The second kappa shape index (κ2) is 7.55. The van der Waals surface area contributed by atoms with Crippen LogP contribution in [0.25, 0.3) is 0 Å². The fraction of sp³-hybridized carbons (Fsp3) is 0.625. The molecule has 6 heteroatoms. The van der Waals surface area contributed by atoms with E-state index in [-0.39, 0.29) is 5.75 Å². The van der Waals surface area contributed by atoms with Gasteiger partial charge in [0.2, 0.25) is 10.0 Å².